The minimum Gasteiger partial charge on any atom is -0.462 e. The molecular weight excluding hydrogens is 252 g/mol. The third-order valence-electron chi connectivity index (χ3n) is 4.68. The van der Waals surface area contributed by atoms with Crippen LogP contribution < -0.4 is 0 Å². The van der Waals surface area contributed by atoms with Crippen molar-refractivity contribution in [3.05, 3.63) is 23.3 Å². The second-order valence-electron chi connectivity index (χ2n) is 6.40. The number of hydrogen-bond acceptors (Lipinski definition) is 3. The topological polar surface area (TPSA) is 43.4 Å². The maximum Gasteiger partial charge on any atom is 0.302 e. The molecule has 0 unspecified atom stereocenters. The lowest BCUT2D eigenvalue weighted by Gasteiger charge is -2.24. The van der Waals surface area contributed by atoms with Gasteiger partial charge in [-0.05, 0) is 50.5 Å². The number of rotatable bonds is 2. The lowest BCUT2D eigenvalue weighted by atomic mass is 9.92. The Kier molecular flexibility index (Phi) is 4.46. The highest BCUT2D eigenvalue weighted by atomic mass is 16.5. The molecule has 3 atom stereocenters. The first-order valence-electron chi connectivity index (χ1n) is 7.44. The lowest BCUT2D eigenvalue weighted by Crippen LogP contribution is -2.27. The first-order chi connectivity index (χ1) is 9.45. The van der Waals surface area contributed by atoms with Gasteiger partial charge in [0.2, 0.25) is 0 Å². The highest BCUT2D eigenvalue weighted by molar-refractivity contribution is 5.73. The van der Waals surface area contributed by atoms with E-state index in [1.807, 2.05) is 0 Å². The summed E-state index contributed by atoms with van der Waals surface area (Å²) in [5.74, 6) is 0.156. The van der Waals surface area contributed by atoms with Crippen molar-refractivity contribution in [2.45, 2.75) is 59.0 Å². The zero-order valence-electron chi connectivity index (χ0n) is 12.6. The van der Waals surface area contributed by atoms with Gasteiger partial charge in [0.25, 0.3) is 0 Å². The van der Waals surface area contributed by atoms with Gasteiger partial charge in [-0.2, -0.15) is 0 Å². The van der Waals surface area contributed by atoms with Gasteiger partial charge < -0.3 is 4.74 Å². The van der Waals surface area contributed by atoms with Crippen molar-refractivity contribution >= 4 is 12.3 Å². The molecule has 0 saturated heterocycles. The molecular formula is C17H24O3. The average molecular weight is 276 g/mol. The smallest absolute Gasteiger partial charge is 0.302 e. The van der Waals surface area contributed by atoms with Gasteiger partial charge in [-0.3, -0.25) is 9.59 Å². The highest BCUT2D eigenvalue weighted by Crippen LogP contribution is 2.58. The molecule has 0 aromatic carbocycles. The fraction of sp³-hybridized carbons (Fsp3) is 0.647. The van der Waals surface area contributed by atoms with Crippen LogP contribution in [0.3, 0.4) is 0 Å². The lowest BCUT2D eigenvalue weighted by molar-refractivity contribution is -0.150. The summed E-state index contributed by atoms with van der Waals surface area (Å²) in [7, 11) is 0. The Morgan fingerprint density at radius 1 is 1.45 bits per heavy atom. The van der Waals surface area contributed by atoms with Crippen molar-refractivity contribution in [1.29, 1.82) is 0 Å². The fourth-order valence-corrected chi connectivity index (χ4v) is 3.14. The Morgan fingerprint density at radius 3 is 2.85 bits per heavy atom. The molecule has 2 aliphatic carbocycles. The van der Waals surface area contributed by atoms with Crippen LogP contribution in [0, 0.1) is 11.3 Å². The van der Waals surface area contributed by atoms with E-state index < -0.39 is 0 Å². The standard InChI is InChI=1S/C17H24O3/c1-12-5-4-6-14(11-18)9-15-10-17(15,3)16(8-7-12)20-13(2)19/h5,9,11,15-16H,4,6-8,10H2,1-3H3/b12-5-,14-9+/t15-,16-,17-/m1/s1. The number of carbonyl (C=O) groups excluding carboxylic acids is 2. The van der Waals surface area contributed by atoms with Crippen molar-refractivity contribution in [2.75, 3.05) is 0 Å². The molecule has 0 aliphatic heterocycles. The van der Waals surface area contributed by atoms with Gasteiger partial charge in [0.1, 0.15) is 12.4 Å². The van der Waals surface area contributed by atoms with E-state index in [-0.39, 0.29) is 17.5 Å². The van der Waals surface area contributed by atoms with Gasteiger partial charge in [-0.25, -0.2) is 0 Å². The molecule has 0 radical (unpaired) electrons. The second-order valence-corrected chi connectivity index (χ2v) is 6.40. The van der Waals surface area contributed by atoms with Crippen LogP contribution in [0.5, 0.6) is 0 Å². The molecule has 3 nitrogen and oxygen atoms in total. The quantitative estimate of drug-likeness (QED) is 0.440. The van der Waals surface area contributed by atoms with E-state index in [4.69, 9.17) is 4.74 Å². The highest BCUT2D eigenvalue weighted by Gasteiger charge is 2.55. The SMILES string of the molecule is CC(=O)O[C@@H]1CC/C(C)=C\CC/C(C=O)=C\[C@@H]2C[C@]21C. The number of allylic oxidation sites excluding steroid dienone is 4. The van der Waals surface area contributed by atoms with E-state index in [0.29, 0.717) is 5.92 Å². The van der Waals surface area contributed by atoms with Gasteiger partial charge >= 0.3 is 5.97 Å². The Bertz CT molecular complexity index is 461. The summed E-state index contributed by atoms with van der Waals surface area (Å²) >= 11 is 0. The molecule has 1 fully saturated rings. The van der Waals surface area contributed by atoms with E-state index in [9.17, 15) is 9.59 Å². The Balaban J connectivity index is 2.22. The van der Waals surface area contributed by atoms with Crippen molar-refractivity contribution < 1.29 is 14.3 Å². The Morgan fingerprint density at radius 2 is 2.20 bits per heavy atom. The maximum atomic E-state index is 11.3. The number of fused-ring (bicyclic) bond motifs is 1. The third-order valence-corrected chi connectivity index (χ3v) is 4.68. The fourth-order valence-electron chi connectivity index (χ4n) is 3.14. The Hall–Kier alpha value is -1.38. The zero-order chi connectivity index (χ0) is 14.8. The monoisotopic (exact) mass is 276 g/mol. The van der Waals surface area contributed by atoms with Crippen LogP contribution in [0.25, 0.3) is 0 Å². The third kappa shape index (κ3) is 3.38. The number of carbonyl (C=O) groups is 2. The molecule has 110 valence electrons. The molecule has 0 aromatic rings. The van der Waals surface area contributed by atoms with Crippen molar-refractivity contribution in [2.24, 2.45) is 11.3 Å². The van der Waals surface area contributed by atoms with Crippen LogP contribution in [0.4, 0.5) is 0 Å². The largest absolute Gasteiger partial charge is 0.462 e. The van der Waals surface area contributed by atoms with E-state index in [1.165, 1.54) is 12.5 Å². The summed E-state index contributed by atoms with van der Waals surface area (Å²) in [5.41, 5.74) is 2.20. The molecule has 0 amide bonds. The van der Waals surface area contributed by atoms with Crippen molar-refractivity contribution in [3.8, 4) is 0 Å². The molecule has 0 spiro atoms. The summed E-state index contributed by atoms with van der Waals surface area (Å²) in [4.78, 5) is 22.5. The first-order valence-corrected chi connectivity index (χ1v) is 7.44. The number of hydrogen-bond donors (Lipinski definition) is 0. The summed E-state index contributed by atoms with van der Waals surface area (Å²) < 4.78 is 5.55. The van der Waals surface area contributed by atoms with Gasteiger partial charge in [-0.1, -0.05) is 24.6 Å². The first kappa shape index (κ1) is 15.0. The summed E-state index contributed by atoms with van der Waals surface area (Å²) in [5, 5.41) is 0. The van der Waals surface area contributed by atoms with Crippen LogP contribution >= 0.6 is 0 Å². The predicted molar refractivity (Wildman–Crippen MR) is 78.1 cm³/mol. The van der Waals surface area contributed by atoms with E-state index >= 15 is 0 Å². The van der Waals surface area contributed by atoms with E-state index in [1.54, 1.807) is 0 Å². The van der Waals surface area contributed by atoms with Gasteiger partial charge in [0.15, 0.2) is 0 Å². The molecule has 1 saturated carbocycles. The number of esters is 1. The van der Waals surface area contributed by atoms with Crippen LogP contribution in [-0.4, -0.2) is 18.4 Å². The van der Waals surface area contributed by atoms with E-state index in [0.717, 1.165) is 44.0 Å². The molecule has 3 heteroatoms. The second kappa shape index (κ2) is 5.94. The zero-order valence-corrected chi connectivity index (χ0v) is 12.6. The molecule has 0 aromatic heterocycles. The average Bonchev–Trinajstić information content (AvgIpc) is 3.03. The summed E-state index contributed by atoms with van der Waals surface area (Å²) in [6, 6.07) is 0. The molecule has 0 N–H and O–H groups in total. The summed E-state index contributed by atoms with van der Waals surface area (Å²) in [6.07, 6.45) is 9.78. The van der Waals surface area contributed by atoms with Crippen molar-refractivity contribution in [3.63, 3.8) is 0 Å². The van der Waals surface area contributed by atoms with Gasteiger partial charge in [-0.15, -0.1) is 0 Å². The minimum atomic E-state index is -0.210. The van der Waals surface area contributed by atoms with Gasteiger partial charge in [0.05, 0.1) is 0 Å². The molecule has 2 rings (SSSR count). The van der Waals surface area contributed by atoms with Crippen LogP contribution in [0.1, 0.15) is 52.9 Å². The van der Waals surface area contributed by atoms with Crippen LogP contribution in [0.2, 0.25) is 0 Å². The molecule has 2 aliphatic rings. The molecule has 0 heterocycles. The van der Waals surface area contributed by atoms with Crippen LogP contribution in [0.15, 0.2) is 23.3 Å². The Labute approximate surface area is 121 Å². The molecule has 20 heavy (non-hydrogen) atoms. The normalized spacial score (nSPS) is 39.1. The summed E-state index contributed by atoms with van der Waals surface area (Å²) in [6.45, 7) is 5.75. The number of aldehydes is 1. The maximum absolute atomic E-state index is 11.3. The van der Waals surface area contributed by atoms with Gasteiger partial charge in [0, 0.05) is 12.3 Å². The predicted octanol–water partition coefficient (Wildman–Crippen LogP) is 3.59. The van der Waals surface area contributed by atoms with E-state index in [2.05, 4.69) is 26.0 Å². The number of ether oxygens (including phenoxy) is 1. The van der Waals surface area contributed by atoms with Crippen molar-refractivity contribution in [1.82, 2.24) is 0 Å². The minimum absolute atomic E-state index is 0.00451. The van der Waals surface area contributed by atoms with Crippen LogP contribution in [-0.2, 0) is 14.3 Å². The molecule has 0 bridgehead atoms.